The third-order valence-electron chi connectivity index (χ3n) is 4.64. The standard InChI is InChI=1S/C20H22Cl2N2O/c21-18-9-3-1-6-15(18)12-23-20(25)17-8-5-11-24(14-17)13-16-7-2-4-10-19(16)22/h1-4,6-7,9-10,17H,5,8,11-14H2,(H,23,25)/t17-/m0/s1. The minimum absolute atomic E-state index is 0.0127. The van der Waals surface area contributed by atoms with Gasteiger partial charge in [0.05, 0.1) is 5.92 Å². The first kappa shape index (κ1) is 18.2. The number of rotatable bonds is 5. The number of benzene rings is 2. The molecule has 0 aromatic heterocycles. The molecule has 0 saturated carbocycles. The van der Waals surface area contributed by atoms with Gasteiger partial charge in [0.15, 0.2) is 0 Å². The summed E-state index contributed by atoms with van der Waals surface area (Å²) in [6, 6.07) is 15.5. The largest absolute Gasteiger partial charge is 0.352 e. The molecule has 25 heavy (non-hydrogen) atoms. The highest BCUT2D eigenvalue weighted by Gasteiger charge is 2.26. The zero-order valence-electron chi connectivity index (χ0n) is 14.1. The van der Waals surface area contributed by atoms with E-state index in [-0.39, 0.29) is 11.8 Å². The van der Waals surface area contributed by atoms with Gasteiger partial charge in [0, 0.05) is 29.7 Å². The zero-order chi connectivity index (χ0) is 17.6. The molecule has 1 aliphatic rings. The lowest BCUT2D eigenvalue weighted by molar-refractivity contribution is -0.126. The van der Waals surface area contributed by atoms with Crippen LogP contribution < -0.4 is 5.32 Å². The molecule has 2 aromatic rings. The monoisotopic (exact) mass is 376 g/mol. The maximum atomic E-state index is 12.5. The number of halogens is 2. The molecule has 5 heteroatoms. The Labute approximate surface area is 158 Å². The van der Waals surface area contributed by atoms with Crippen LogP contribution >= 0.6 is 23.2 Å². The van der Waals surface area contributed by atoms with Crippen molar-refractivity contribution in [3.63, 3.8) is 0 Å². The molecular weight excluding hydrogens is 355 g/mol. The predicted octanol–water partition coefficient (Wildman–Crippen LogP) is 4.52. The van der Waals surface area contributed by atoms with E-state index >= 15 is 0 Å². The number of carbonyl (C=O) groups excluding carboxylic acids is 1. The molecule has 132 valence electrons. The van der Waals surface area contributed by atoms with Gasteiger partial charge in [-0.1, -0.05) is 59.6 Å². The van der Waals surface area contributed by atoms with Crippen LogP contribution in [-0.4, -0.2) is 23.9 Å². The highest BCUT2D eigenvalue weighted by atomic mass is 35.5. The first-order chi connectivity index (χ1) is 12.1. The van der Waals surface area contributed by atoms with Crippen molar-refractivity contribution in [2.45, 2.75) is 25.9 Å². The molecule has 1 saturated heterocycles. The molecular formula is C20H22Cl2N2O. The van der Waals surface area contributed by atoms with Crippen LogP contribution in [0.2, 0.25) is 10.0 Å². The van der Waals surface area contributed by atoms with Crippen molar-refractivity contribution in [3.8, 4) is 0 Å². The van der Waals surface area contributed by atoms with Gasteiger partial charge in [0.2, 0.25) is 5.91 Å². The fourth-order valence-corrected chi connectivity index (χ4v) is 3.65. The van der Waals surface area contributed by atoms with Crippen LogP contribution in [0.1, 0.15) is 24.0 Å². The van der Waals surface area contributed by atoms with Gasteiger partial charge in [-0.05, 0) is 42.6 Å². The highest BCUT2D eigenvalue weighted by molar-refractivity contribution is 6.31. The van der Waals surface area contributed by atoms with Gasteiger partial charge in [0.25, 0.3) is 0 Å². The Morgan fingerprint density at radius 2 is 1.68 bits per heavy atom. The number of hydrogen-bond acceptors (Lipinski definition) is 2. The molecule has 1 heterocycles. The van der Waals surface area contributed by atoms with Crippen LogP contribution in [0, 0.1) is 5.92 Å². The Hall–Kier alpha value is -1.55. The minimum Gasteiger partial charge on any atom is -0.352 e. The van der Waals surface area contributed by atoms with Crippen LogP contribution in [-0.2, 0) is 17.9 Å². The third-order valence-corrected chi connectivity index (χ3v) is 5.38. The summed E-state index contributed by atoms with van der Waals surface area (Å²) in [4.78, 5) is 14.9. The van der Waals surface area contributed by atoms with Crippen LogP contribution in [0.25, 0.3) is 0 Å². The van der Waals surface area contributed by atoms with Gasteiger partial charge in [-0.2, -0.15) is 0 Å². The molecule has 1 fully saturated rings. The number of carbonyl (C=O) groups is 1. The maximum Gasteiger partial charge on any atom is 0.224 e. The molecule has 0 unspecified atom stereocenters. The molecule has 3 rings (SSSR count). The molecule has 2 aromatic carbocycles. The van der Waals surface area contributed by atoms with E-state index in [2.05, 4.69) is 10.2 Å². The van der Waals surface area contributed by atoms with Gasteiger partial charge in [-0.3, -0.25) is 9.69 Å². The molecule has 0 bridgehead atoms. The Bertz CT molecular complexity index is 735. The fourth-order valence-electron chi connectivity index (χ4n) is 3.25. The lowest BCUT2D eigenvalue weighted by atomic mass is 9.96. The first-order valence-corrected chi connectivity index (χ1v) is 9.36. The summed E-state index contributed by atoms with van der Waals surface area (Å²) < 4.78 is 0. The topological polar surface area (TPSA) is 32.3 Å². The summed E-state index contributed by atoms with van der Waals surface area (Å²) in [5.41, 5.74) is 2.06. The number of piperidine rings is 1. The Morgan fingerprint density at radius 1 is 1.04 bits per heavy atom. The Balaban J connectivity index is 1.55. The van der Waals surface area contributed by atoms with Gasteiger partial charge >= 0.3 is 0 Å². The number of amides is 1. The van der Waals surface area contributed by atoms with E-state index in [9.17, 15) is 4.79 Å². The summed E-state index contributed by atoms with van der Waals surface area (Å²) in [7, 11) is 0. The Morgan fingerprint density at radius 3 is 2.36 bits per heavy atom. The number of nitrogens with zero attached hydrogens (tertiary/aromatic N) is 1. The molecule has 1 aliphatic heterocycles. The van der Waals surface area contributed by atoms with Gasteiger partial charge in [0.1, 0.15) is 0 Å². The van der Waals surface area contributed by atoms with Crippen molar-refractivity contribution in [3.05, 3.63) is 69.7 Å². The van der Waals surface area contributed by atoms with Crippen molar-refractivity contribution >= 4 is 29.1 Å². The van der Waals surface area contributed by atoms with E-state index in [0.717, 1.165) is 48.6 Å². The van der Waals surface area contributed by atoms with Crippen LogP contribution in [0.4, 0.5) is 0 Å². The summed E-state index contributed by atoms with van der Waals surface area (Å²) in [5, 5.41) is 4.50. The van der Waals surface area contributed by atoms with Gasteiger partial charge < -0.3 is 5.32 Å². The van der Waals surface area contributed by atoms with Crippen molar-refractivity contribution in [1.29, 1.82) is 0 Å². The molecule has 1 N–H and O–H groups in total. The lowest BCUT2D eigenvalue weighted by Gasteiger charge is -2.32. The number of nitrogens with one attached hydrogen (secondary N) is 1. The second-order valence-corrected chi connectivity index (χ2v) is 7.29. The number of likely N-dealkylation sites (tertiary alicyclic amines) is 1. The molecule has 3 nitrogen and oxygen atoms in total. The molecule has 1 amide bonds. The number of hydrogen-bond donors (Lipinski definition) is 1. The summed E-state index contributed by atoms with van der Waals surface area (Å²) in [6.07, 6.45) is 1.95. The van der Waals surface area contributed by atoms with Crippen LogP contribution in [0.3, 0.4) is 0 Å². The maximum absolute atomic E-state index is 12.5. The van der Waals surface area contributed by atoms with Gasteiger partial charge in [-0.25, -0.2) is 0 Å². The molecule has 0 radical (unpaired) electrons. The van der Waals surface area contributed by atoms with Crippen LogP contribution in [0.5, 0.6) is 0 Å². The van der Waals surface area contributed by atoms with Crippen molar-refractivity contribution < 1.29 is 4.79 Å². The van der Waals surface area contributed by atoms with E-state index < -0.39 is 0 Å². The minimum atomic E-state index is 0.0127. The van der Waals surface area contributed by atoms with E-state index in [0.29, 0.717) is 11.6 Å². The lowest BCUT2D eigenvalue weighted by Crippen LogP contribution is -2.42. The normalized spacial score (nSPS) is 18.1. The van der Waals surface area contributed by atoms with E-state index in [1.807, 2.05) is 48.5 Å². The fraction of sp³-hybridized carbons (Fsp3) is 0.350. The molecule has 0 aliphatic carbocycles. The van der Waals surface area contributed by atoms with Crippen molar-refractivity contribution in [1.82, 2.24) is 10.2 Å². The smallest absolute Gasteiger partial charge is 0.224 e. The first-order valence-electron chi connectivity index (χ1n) is 8.60. The van der Waals surface area contributed by atoms with Gasteiger partial charge in [-0.15, -0.1) is 0 Å². The summed E-state index contributed by atoms with van der Waals surface area (Å²) in [6.45, 7) is 3.02. The second-order valence-electron chi connectivity index (χ2n) is 6.47. The van der Waals surface area contributed by atoms with E-state index in [1.165, 1.54) is 0 Å². The third kappa shape index (κ3) is 4.97. The second kappa shape index (κ2) is 8.70. The molecule has 0 spiro atoms. The quantitative estimate of drug-likeness (QED) is 0.831. The van der Waals surface area contributed by atoms with Crippen LogP contribution in [0.15, 0.2) is 48.5 Å². The summed E-state index contributed by atoms with van der Waals surface area (Å²) >= 11 is 12.4. The van der Waals surface area contributed by atoms with E-state index in [4.69, 9.17) is 23.2 Å². The average molecular weight is 377 g/mol. The van der Waals surface area contributed by atoms with E-state index in [1.54, 1.807) is 0 Å². The SMILES string of the molecule is O=C(NCc1ccccc1Cl)[C@H]1CCCN(Cc2ccccc2Cl)C1. The summed E-state index contributed by atoms with van der Waals surface area (Å²) in [5.74, 6) is 0.113. The predicted molar refractivity (Wildman–Crippen MR) is 103 cm³/mol. The molecule has 1 atom stereocenters. The van der Waals surface area contributed by atoms with Crippen molar-refractivity contribution in [2.24, 2.45) is 5.92 Å². The highest BCUT2D eigenvalue weighted by Crippen LogP contribution is 2.22. The Kier molecular flexibility index (Phi) is 6.35. The average Bonchev–Trinajstić information content (AvgIpc) is 2.63. The zero-order valence-corrected chi connectivity index (χ0v) is 15.6. The van der Waals surface area contributed by atoms with Crippen molar-refractivity contribution in [2.75, 3.05) is 13.1 Å².